The predicted molar refractivity (Wildman–Crippen MR) is 57.9 cm³/mol. The fourth-order valence-corrected chi connectivity index (χ4v) is 1.83. The molecule has 1 aromatic rings. The van der Waals surface area contributed by atoms with Crippen LogP contribution in [0.2, 0.25) is 0 Å². The number of hydrogen-bond acceptors (Lipinski definition) is 2. The molecule has 0 aliphatic heterocycles. The zero-order valence-corrected chi connectivity index (χ0v) is 10.1. The topological polar surface area (TPSA) is 61.1 Å². The van der Waals surface area contributed by atoms with Crippen LogP contribution in [0.25, 0.3) is 0 Å². The molecule has 5 heteroatoms. The van der Waals surface area contributed by atoms with Gasteiger partial charge in [-0.05, 0) is 43.5 Å². The summed E-state index contributed by atoms with van der Waals surface area (Å²) < 4.78 is 1.34. The maximum Gasteiger partial charge on any atom is 0.307 e. The van der Waals surface area contributed by atoms with Crippen LogP contribution < -0.4 is 0 Å². The first-order chi connectivity index (χ1) is 6.56. The Balaban J connectivity index is 3.26. The van der Waals surface area contributed by atoms with E-state index >= 15 is 0 Å². The monoisotopic (exact) mass is 317 g/mol. The van der Waals surface area contributed by atoms with Gasteiger partial charge in [0.15, 0.2) is 0 Å². The Morgan fingerprint density at radius 3 is 2.64 bits per heavy atom. The van der Waals surface area contributed by atoms with E-state index < -0.39 is 5.97 Å². The van der Waals surface area contributed by atoms with Crippen LogP contribution in [-0.4, -0.2) is 11.1 Å². The van der Waals surface area contributed by atoms with E-state index in [-0.39, 0.29) is 6.42 Å². The van der Waals surface area contributed by atoms with Gasteiger partial charge in [0.2, 0.25) is 0 Å². The Hall–Kier alpha value is -0.860. The van der Waals surface area contributed by atoms with Gasteiger partial charge in [0.25, 0.3) is 0 Å². The number of halogens is 2. The summed E-state index contributed by atoms with van der Waals surface area (Å²) in [6.45, 7) is 0. The predicted octanol–water partition coefficient (Wildman–Crippen LogP) is 2.71. The van der Waals surface area contributed by atoms with E-state index in [0.717, 1.165) is 4.47 Å². The van der Waals surface area contributed by atoms with E-state index in [9.17, 15) is 4.79 Å². The van der Waals surface area contributed by atoms with E-state index in [2.05, 4.69) is 31.9 Å². The molecular formula is C9H5Br2NO2. The fraction of sp³-hybridized carbons (Fsp3) is 0.111. The lowest BCUT2D eigenvalue weighted by Gasteiger charge is -2.04. The molecule has 0 aliphatic rings. The lowest BCUT2D eigenvalue weighted by atomic mass is 10.1. The third kappa shape index (κ3) is 2.34. The van der Waals surface area contributed by atoms with Gasteiger partial charge in [-0.1, -0.05) is 6.07 Å². The Labute approximate surface area is 97.6 Å². The van der Waals surface area contributed by atoms with Gasteiger partial charge in [-0.2, -0.15) is 5.26 Å². The number of hydrogen-bond donors (Lipinski definition) is 1. The van der Waals surface area contributed by atoms with Crippen LogP contribution in [0.15, 0.2) is 21.1 Å². The smallest absolute Gasteiger partial charge is 0.307 e. The Kier molecular flexibility index (Phi) is 3.67. The quantitative estimate of drug-likeness (QED) is 0.912. The third-order valence-corrected chi connectivity index (χ3v) is 3.65. The van der Waals surface area contributed by atoms with Gasteiger partial charge < -0.3 is 5.11 Å². The molecule has 0 saturated carbocycles. The van der Waals surface area contributed by atoms with Crippen molar-refractivity contribution in [3.05, 3.63) is 32.2 Å². The SMILES string of the molecule is N#Cc1c(CC(=O)O)ccc(Br)c1Br. The summed E-state index contributed by atoms with van der Waals surface area (Å²) in [6, 6.07) is 5.31. The largest absolute Gasteiger partial charge is 0.481 e. The van der Waals surface area contributed by atoms with E-state index in [1.54, 1.807) is 12.1 Å². The summed E-state index contributed by atoms with van der Waals surface area (Å²) in [5.74, 6) is -0.948. The highest BCUT2D eigenvalue weighted by Crippen LogP contribution is 2.29. The summed E-state index contributed by atoms with van der Waals surface area (Å²) >= 11 is 6.46. The molecule has 14 heavy (non-hydrogen) atoms. The Morgan fingerprint density at radius 2 is 2.14 bits per heavy atom. The summed E-state index contributed by atoms with van der Waals surface area (Å²) in [5, 5.41) is 17.5. The number of carboxylic acid groups (broad SMARTS) is 1. The van der Waals surface area contributed by atoms with Gasteiger partial charge in [-0.3, -0.25) is 4.79 Å². The molecule has 0 atom stereocenters. The highest BCUT2D eigenvalue weighted by molar-refractivity contribution is 9.13. The molecule has 0 saturated heterocycles. The highest BCUT2D eigenvalue weighted by atomic mass is 79.9. The highest BCUT2D eigenvalue weighted by Gasteiger charge is 2.11. The van der Waals surface area contributed by atoms with Gasteiger partial charge in [0.1, 0.15) is 6.07 Å². The van der Waals surface area contributed by atoms with Crippen molar-refractivity contribution in [1.29, 1.82) is 5.26 Å². The number of carbonyl (C=O) groups is 1. The molecule has 0 amide bonds. The van der Waals surface area contributed by atoms with E-state index in [4.69, 9.17) is 10.4 Å². The van der Waals surface area contributed by atoms with Crippen molar-refractivity contribution in [2.75, 3.05) is 0 Å². The van der Waals surface area contributed by atoms with Crippen LogP contribution in [0.5, 0.6) is 0 Å². The molecule has 0 bridgehead atoms. The molecular weight excluding hydrogens is 314 g/mol. The number of aliphatic carboxylic acids is 1. The summed E-state index contributed by atoms with van der Waals surface area (Å²) in [4.78, 5) is 10.5. The average Bonchev–Trinajstić information content (AvgIpc) is 2.11. The van der Waals surface area contributed by atoms with Crippen LogP contribution in [0.4, 0.5) is 0 Å². The first kappa shape index (κ1) is 11.2. The van der Waals surface area contributed by atoms with Crippen LogP contribution in [0, 0.1) is 11.3 Å². The lowest BCUT2D eigenvalue weighted by molar-refractivity contribution is -0.136. The van der Waals surface area contributed by atoms with Crippen molar-refractivity contribution in [1.82, 2.24) is 0 Å². The Morgan fingerprint density at radius 1 is 1.50 bits per heavy atom. The molecule has 0 heterocycles. The van der Waals surface area contributed by atoms with Crippen LogP contribution >= 0.6 is 31.9 Å². The first-order valence-electron chi connectivity index (χ1n) is 3.65. The maximum atomic E-state index is 10.5. The number of nitriles is 1. The average molecular weight is 319 g/mol. The number of rotatable bonds is 2. The molecule has 0 aliphatic carbocycles. The molecule has 0 aromatic heterocycles. The van der Waals surface area contributed by atoms with Crippen molar-refractivity contribution in [2.24, 2.45) is 0 Å². The molecule has 0 radical (unpaired) electrons. The van der Waals surface area contributed by atoms with Gasteiger partial charge >= 0.3 is 5.97 Å². The molecule has 1 aromatic carbocycles. The molecule has 0 unspecified atom stereocenters. The lowest BCUT2D eigenvalue weighted by Crippen LogP contribution is -2.02. The second kappa shape index (κ2) is 4.58. The van der Waals surface area contributed by atoms with Crippen molar-refractivity contribution in [3.63, 3.8) is 0 Å². The van der Waals surface area contributed by atoms with E-state index in [1.807, 2.05) is 6.07 Å². The minimum absolute atomic E-state index is 0.144. The standard InChI is InChI=1S/C9H5Br2NO2/c10-7-2-1-5(3-8(13)14)6(4-12)9(7)11/h1-2H,3H2,(H,13,14). The summed E-state index contributed by atoms with van der Waals surface area (Å²) in [7, 11) is 0. The van der Waals surface area contributed by atoms with E-state index in [1.165, 1.54) is 0 Å². The fourth-order valence-electron chi connectivity index (χ4n) is 1.02. The number of nitrogens with zero attached hydrogens (tertiary/aromatic N) is 1. The molecule has 0 fully saturated rings. The second-order valence-electron chi connectivity index (χ2n) is 2.58. The molecule has 1 rings (SSSR count). The molecule has 1 N–H and O–H groups in total. The molecule has 3 nitrogen and oxygen atoms in total. The Bertz CT molecular complexity index is 424. The molecule has 0 spiro atoms. The van der Waals surface area contributed by atoms with Crippen molar-refractivity contribution in [2.45, 2.75) is 6.42 Å². The van der Waals surface area contributed by atoms with Crippen molar-refractivity contribution >= 4 is 37.8 Å². The minimum Gasteiger partial charge on any atom is -0.481 e. The van der Waals surface area contributed by atoms with Gasteiger partial charge in [0.05, 0.1) is 12.0 Å². The summed E-state index contributed by atoms with van der Waals surface area (Å²) in [5.41, 5.74) is 0.872. The third-order valence-electron chi connectivity index (χ3n) is 1.63. The van der Waals surface area contributed by atoms with Crippen molar-refractivity contribution < 1.29 is 9.90 Å². The number of benzene rings is 1. The molecule has 72 valence electrons. The van der Waals surface area contributed by atoms with Gasteiger partial charge in [0, 0.05) is 8.95 Å². The van der Waals surface area contributed by atoms with Crippen LogP contribution in [-0.2, 0) is 11.2 Å². The second-order valence-corrected chi connectivity index (χ2v) is 4.23. The normalized spacial score (nSPS) is 9.50. The van der Waals surface area contributed by atoms with Crippen LogP contribution in [0.1, 0.15) is 11.1 Å². The first-order valence-corrected chi connectivity index (χ1v) is 5.23. The van der Waals surface area contributed by atoms with Gasteiger partial charge in [-0.15, -0.1) is 0 Å². The maximum absolute atomic E-state index is 10.5. The summed E-state index contributed by atoms with van der Waals surface area (Å²) in [6.07, 6.45) is -0.144. The number of carboxylic acids is 1. The van der Waals surface area contributed by atoms with Gasteiger partial charge in [-0.25, -0.2) is 0 Å². The van der Waals surface area contributed by atoms with Crippen molar-refractivity contribution in [3.8, 4) is 6.07 Å². The minimum atomic E-state index is -0.948. The van der Waals surface area contributed by atoms with E-state index in [0.29, 0.717) is 15.6 Å². The zero-order chi connectivity index (χ0) is 10.7. The zero-order valence-electron chi connectivity index (χ0n) is 6.92. The van der Waals surface area contributed by atoms with Crippen LogP contribution in [0.3, 0.4) is 0 Å².